The SMILES string of the molecule is CCC1(C)CCN(C(=O)C2OCC(=O)NC2c2ccccc2Cl)CC1. The van der Waals surface area contributed by atoms with E-state index in [1.807, 2.05) is 23.1 Å². The molecule has 5 nitrogen and oxygen atoms in total. The predicted molar refractivity (Wildman–Crippen MR) is 96.3 cm³/mol. The zero-order valence-electron chi connectivity index (χ0n) is 14.8. The number of hydrogen-bond acceptors (Lipinski definition) is 3. The van der Waals surface area contributed by atoms with Gasteiger partial charge in [-0.1, -0.05) is 50.1 Å². The second kappa shape index (κ2) is 7.34. The molecule has 2 atom stereocenters. The first-order chi connectivity index (χ1) is 11.9. The summed E-state index contributed by atoms with van der Waals surface area (Å²) in [6.45, 7) is 5.83. The van der Waals surface area contributed by atoms with Crippen molar-refractivity contribution in [3.8, 4) is 0 Å². The van der Waals surface area contributed by atoms with Crippen LogP contribution in [0.1, 0.15) is 44.7 Å². The third kappa shape index (κ3) is 3.82. The van der Waals surface area contributed by atoms with Crippen molar-refractivity contribution in [1.29, 1.82) is 0 Å². The van der Waals surface area contributed by atoms with Crippen molar-refractivity contribution in [3.05, 3.63) is 34.9 Å². The number of ether oxygens (including phenoxy) is 1. The summed E-state index contributed by atoms with van der Waals surface area (Å²) in [6, 6.07) is 6.70. The van der Waals surface area contributed by atoms with Crippen LogP contribution in [0.2, 0.25) is 5.02 Å². The first kappa shape index (κ1) is 18.2. The van der Waals surface area contributed by atoms with Crippen molar-refractivity contribution in [2.45, 2.75) is 45.3 Å². The van der Waals surface area contributed by atoms with Crippen molar-refractivity contribution < 1.29 is 14.3 Å². The Labute approximate surface area is 153 Å². The molecule has 2 fully saturated rings. The Morgan fingerprint density at radius 1 is 1.36 bits per heavy atom. The zero-order valence-corrected chi connectivity index (χ0v) is 15.5. The molecule has 2 amide bonds. The number of piperidine rings is 1. The van der Waals surface area contributed by atoms with Crippen LogP contribution in [0.15, 0.2) is 24.3 Å². The lowest BCUT2D eigenvalue weighted by Crippen LogP contribution is -2.55. The summed E-state index contributed by atoms with van der Waals surface area (Å²) < 4.78 is 5.64. The number of rotatable bonds is 3. The van der Waals surface area contributed by atoms with Crippen molar-refractivity contribution in [1.82, 2.24) is 10.2 Å². The monoisotopic (exact) mass is 364 g/mol. The van der Waals surface area contributed by atoms with Gasteiger partial charge in [0.05, 0.1) is 6.04 Å². The van der Waals surface area contributed by atoms with Gasteiger partial charge in [0.15, 0.2) is 6.10 Å². The van der Waals surface area contributed by atoms with Gasteiger partial charge in [0.25, 0.3) is 5.91 Å². The lowest BCUT2D eigenvalue weighted by molar-refractivity contribution is -0.156. The number of halogens is 1. The van der Waals surface area contributed by atoms with E-state index in [0.717, 1.165) is 32.4 Å². The van der Waals surface area contributed by atoms with E-state index >= 15 is 0 Å². The Hall–Kier alpha value is -1.59. The van der Waals surface area contributed by atoms with Crippen molar-refractivity contribution >= 4 is 23.4 Å². The molecular formula is C19H25ClN2O3. The summed E-state index contributed by atoms with van der Waals surface area (Å²) in [7, 11) is 0. The maximum Gasteiger partial charge on any atom is 0.254 e. The Bertz CT molecular complexity index is 656. The molecule has 0 aromatic heterocycles. The number of morpholine rings is 1. The van der Waals surface area contributed by atoms with E-state index in [4.69, 9.17) is 16.3 Å². The first-order valence-corrected chi connectivity index (χ1v) is 9.25. The number of benzene rings is 1. The maximum atomic E-state index is 13.1. The van der Waals surface area contributed by atoms with Crippen molar-refractivity contribution in [2.75, 3.05) is 19.7 Å². The number of likely N-dealkylation sites (tertiary alicyclic amines) is 1. The van der Waals surface area contributed by atoms with Crippen LogP contribution in [-0.4, -0.2) is 42.5 Å². The van der Waals surface area contributed by atoms with Gasteiger partial charge in [-0.05, 0) is 29.9 Å². The molecule has 1 aromatic rings. The molecule has 0 radical (unpaired) electrons. The number of hydrogen-bond donors (Lipinski definition) is 1. The summed E-state index contributed by atoms with van der Waals surface area (Å²) in [6.07, 6.45) is 2.37. The quantitative estimate of drug-likeness (QED) is 0.897. The molecule has 0 bridgehead atoms. The van der Waals surface area contributed by atoms with Crippen LogP contribution >= 0.6 is 11.6 Å². The van der Waals surface area contributed by atoms with Gasteiger partial charge in [-0.3, -0.25) is 9.59 Å². The Morgan fingerprint density at radius 2 is 2.04 bits per heavy atom. The molecule has 3 rings (SSSR count). The Balaban J connectivity index is 1.78. The van der Waals surface area contributed by atoms with Crippen LogP contribution in [0.3, 0.4) is 0 Å². The van der Waals surface area contributed by atoms with Gasteiger partial charge < -0.3 is 15.0 Å². The highest BCUT2D eigenvalue weighted by atomic mass is 35.5. The van der Waals surface area contributed by atoms with Crippen LogP contribution in [0.5, 0.6) is 0 Å². The van der Waals surface area contributed by atoms with E-state index in [2.05, 4.69) is 19.2 Å². The normalized spacial score (nSPS) is 26.2. The molecule has 2 aliphatic rings. The van der Waals surface area contributed by atoms with E-state index in [9.17, 15) is 9.59 Å². The van der Waals surface area contributed by atoms with E-state index in [0.29, 0.717) is 16.0 Å². The molecular weight excluding hydrogens is 340 g/mol. The highest BCUT2D eigenvalue weighted by Gasteiger charge is 2.41. The number of carbonyl (C=O) groups is 2. The topological polar surface area (TPSA) is 58.6 Å². The number of amides is 2. The van der Waals surface area contributed by atoms with E-state index < -0.39 is 12.1 Å². The molecule has 0 aliphatic carbocycles. The molecule has 1 aromatic carbocycles. The molecule has 25 heavy (non-hydrogen) atoms. The van der Waals surface area contributed by atoms with Gasteiger partial charge in [-0.15, -0.1) is 0 Å². The van der Waals surface area contributed by atoms with Crippen LogP contribution in [0.25, 0.3) is 0 Å². The van der Waals surface area contributed by atoms with E-state index in [1.54, 1.807) is 6.07 Å². The lowest BCUT2D eigenvalue weighted by atomic mass is 9.78. The highest BCUT2D eigenvalue weighted by molar-refractivity contribution is 6.31. The molecule has 6 heteroatoms. The lowest BCUT2D eigenvalue weighted by Gasteiger charge is -2.41. The molecule has 0 spiro atoms. The van der Waals surface area contributed by atoms with E-state index in [1.165, 1.54) is 0 Å². The van der Waals surface area contributed by atoms with E-state index in [-0.39, 0.29) is 18.4 Å². The van der Waals surface area contributed by atoms with Gasteiger partial charge in [-0.25, -0.2) is 0 Å². The average Bonchev–Trinajstić information content (AvgIpc) is 2.62. The van der Waals surface area contributed by atoms with Gasteiger partial charge in [0.2, 0.25) is 5.91 Å². The maximum absolute atomic E-state index is 13.1. The number of nitrogens with zero attached hydrogens (tertiary/aromatic N) is 1. The van der Waals surface area contributed by atoms with Crippen LogP contribution in [0, 0.1) is 5.41 Å². The molecule has 136 valence electrons. The fourth-order valence-electron chi connectivity index (χ4n) is 3.53. The molecule has 2 saturated heterocycles. The second-order valence-corrected chi connectivity index (χ2v) is 7.70. The predicted octanol–water partition coefficient (Wildman–Crippen LogP) is 2.93. The fourth-order valence-corrected chi connectivity index (χ4v) is 3.79. The first-order valence-electron chi connectivity index (χ1n) is 8.88. The third-order valence-electron chi connectivity index (χ3n) is 5.63. The molecule has 2 aliphatic heterocycles. The summed E-state index contributed by atoms with van der Waals surface area (Å²) in [4.78, 5) is 26.7. The molecule has 2 heterocycles. The van der Waals surface area contributed by atoms with Gasteiger partial charge in [0, 0.05) is 18.1 Å². The second-order valence-electron chi connectivity index (χ2n) is 7.29. The summed E-state index contributed by atoms with van der Waals surface area (Å²) in [5.41, 5.74) is 1.02. The van der Waals surface area contributed by atoms with Crippen molar-refractivity contribution in [3.63, 3.8) is 0 Å². The largest absolute Gasteiger partial charge is 0.356 e. The average molecular weight is 365 g/mol. The minimum atomic E-state index is -0.733. The molecule has 2 unspecified atom stereocenters. The van der Waals surface area contributed by atoms with Gasteiger partial charge in [-0.2, -0.15) is 0 Å². The smallest absolute Gasteiger partial charge is 0.254 e. The summed E-state index contributed by atoms with van der Waals surface area (Å²) in [5, 5.41) is 3.40. The Kier molecular flexibility index (Phi) is 5.35. The molecule has 1 N–H and O–H groups in total. The summed E-state index contributed by atoms with van der Waals surface area (Å²) >= 11 is 6.29. The van der Waals surface area contributed by atoms with Gasteiger partial charge >= 0.3 is 0 Å². The van der Waals surface area contributed by atoms with Crippen LogP contribution < -0.4 is 5.32 Å². The molecule has 0 saturated carbocycles. The Morgan fingerprint density at radius 3 is 2.68 bits per heavy atom. The van der Waals surface area contributed by atoms with Crippen LogP contribution in [-0.2, 0) is 14.3 Å². The number of nitrogens with one attached hydrogen (secondary N) is 1. The zero-order chi connectivity index (χ0) is 18.0. The van der Waals surface area contributed by atoms with Crippen LogP contribution in [0.4, 0.5) is 0 Å². The third-order valence-corrected chi connectivity index (χ3v) is 5.98. The standard InChI is InChI=1S/C19H25ClN2O3/c1-3-19(2)8-10-22(11-9-19)18(24)17-16(21-15(23)12-25-17)13-6-4-5-7-14(13)20/h4-7,16-17H,3,8-12H2,1-2H3,(H,21,23). The van der Waals surface area contributed by atoms with Crippen molar-refractivity contribution in [2.24, 2.45) is 5.41 Å². The minimum absolute atomic E-state index is 0.0666. The highest BCUT2D eigenvalue weighted by Crippen LogP contribution is 2.35. The fraction of sp³-hybridized carbons (Fsp3) is 0.579. The van der Waals surface area contributed by atoms with Gasteiger partial charge in [0.1, 0.15) is 6.61 Å². The summed E-state index contributed by atoms with van der Waals surface area (Å²) in [5.74, 6) is -0.297. The minimum Gasteiger partial charge on any atom is -0.356 e. The number of carbonyl (C=O) groups excluding carboxylic acids is 2.